The number of ether oxygens (including phenoxy) is 1. The third-order valence-corrected chi connectivity index (χ3v) is 11.1. The maximum atomic E-state index is 15.0. The van der Waals surface area contributed by atoms with Crippen molar-refractivity contribution in [1.29, 1.82) is 0 Å². The van der Waals surface area contributed by atoms with Crippen LogP contribution >= 0.6 is 11.8 Å². The normalized spacial score (nSPS) is 18.6. The molecule has 0 spiro atoms. The molecule has 1 aliphatic heterocycles. The van der Waals surface area contributed by atoms with Crippen LogP contribution in [0, 0.1) is 11.2 Å². The van der Waals surface area contributed by atoms with E-state index in [0.717, 1.165) is 49.0 Å². The number of halogens is 1. The van der Waals surface area contributed by atoms with Crippen LogP contribution in [0.25, 0.3) is 0 Å². The molecule has 0 saturated heterocycles. The highest BCUT2D eigenvalue weighted by Gasteiger charge is 2.50. The topological polar surface area (TPSA) is 95.9 Å². The van der Waals surface area contributed by atoms with Gasteiger partial charge in [0.25, 0.3) is 0 Å². The van der Waals surface area contributed by atoms with Gasteiger partial charge in [0.05, 0.1) is 23.4 Å². The number of aliphatic carboxylic acids is 1. The van der Waals surface area contributed by atoms with Crippen LogP contribution < -0.4 is 15.0 Å². The van der Waals surface area contributed by atoms with Gasteiger partial charge >= 0.3 is 5.97 Å². The number of nitrogens with zero attached hydrogens (tertiary/aromatic N) is 1. The molecule has 0 atom stereocenters. The van der Waals surface area contributed by atoms with Gasteiger partial charge in [-0.05, 0) is 61.8 Å². The fraction of sp³-hybridized carbons (Fsp3) is 0.567. The van der Waals surface area contributed by atoms with Crippen molar-refractivity contribution in [2.75, 3.05) is 30.6 Å². The number of carboxylic acid groups (broad SMARTS) is 1. The van der Waals surface area contributed by atoms with Crippen molar-refractivity contribution < 1.29 is 27.4 Å². The van der Waals surface area contributed by atoms with Crippen LogP contribution in [0.2, 0.25) is 0 Å². The van der Waals surface area contributed by atoms with Gasteiger partial charge < -0.3 is 14.7 Å². The zero-order chi connectivity index (χ0) is 29.1. The van der Waals surface area contributed by atoms with E-state index in [1.54, 1.807) is 18.2 Å². The van der Waals surface area contributed by atoms with Crippen LogP contribution in [0.15, 0.2) is 40.1 Å². The minimum absolute atomic E-state index is 0.0205. The molecule has 2 aromatic rings. The fourth-order valence-electron chi connectivity index (χ4n) is 5.77. The molecule has 2 aliphatic rings. The summed E-state index contributed by atoms with van der Waals surface area (Å²) >= 11 is 1.49. The van der Waals surface area contributed by atoms with E-state index in [-0.39, 0.29) is 22.9 Å². The monoisotopic (exact) mass is 592 g/mol. The smallest absolute Gasteiger partial charge is 0.323 e. The second-order valence-corrected chi connectivity index (χ2v) is 14.0. The largest absolute Gasteiger partial charge is 0.494 e. The van der Waals surface area contributed by atoms with Crippen molar-refractivity contribution in [2.24, 2.45) is 5.41 Å². The number of unbranched alkanes of at least 4 members (excludes halogenated alkanes) is 2. The summed E-state index contributed by atoms with van der Waals surface area (Å²) < 4.78 is 48.6. The van der Waals surface area contributed by atoms with Crippen molar-refractivity contribution in [3.8, 4) is 5.75 Å². The van der Waals surface area contributed by atoms with Crippen LogP contribution in [-0.4, -0.2) is 50.7 Å². The summed E-state index contributed by atoms with van der Waals surface area (Å²) in [6.07, 6.45) is 8.26. The Morgan fingerprint density at radius 3 is 2.35 bits per heavy atom. The molecule has 4 rings (SSSR count). The van der Waals surface area contributed by atoms with Gasteiger partial charge in [-0.15, -0.1) is 11.8 Å². The summed E-state index contributed by atoms with van der Waals surface area (Å²) in [5.41, 5.74) is 0.419. The Bertz CT molecular complexity index is 1340. The van der Waals surface area contributed by atoms with E-state index in [1.165, 1.54) is 24.9 Å². The summed E-state index contributed by atoms with van der Waals surface area (Å²) in [4.78, 5) is 14.8. The number of methoxy groups -OCH3 is 1. The Morgan fingerprint density at radius 1 is 1.15 bits per heavy atom. The van der Waals surface area contributed by atoms with Crippen LogP contribution in [0.4, 0.5) is 15.8 Å². The molecule has 2 aromatic carbocycles. The first kappa shape index (κ1) is 30.7. The van der Waals surface area contributed by atoms with E-state index in [4.69, 9.17) is 4.74 Å². The van der Waals surface area contributed by atoms with E-state index >= 15 is 0 Å². The van der Waals surface area contributed by atoms with Crippen LogP contribution in [0.5, 0.6) is 5.75 Å². The number of fused-ring (bicyclic) bond motifs is 1. The molecule has 0 aromatic heterocycles. The van der Waals surface area contributed by atoms with Crippen molar-refractivity contribution in [2.45, 2.75) is 87.1 Å². The third-order valence-electron chi connectivity index (χ3n) is 8.32. The number of carboxylic acids is 1. The molecule has 0 bridgehead atoms. The number of benzene rings is 2. The van der Waals surface area contributed by atoms with Crippen LogP contribution in [0.1, 0.15) is 70.8 Å². The minimum atomic E-state index is -3.73. The SMILES string of the molecule is CCCCC1(CCCC)CN(c2ccc(OC)c(F)c2)c2cc(SC)c(CNC3(C(=O)O)CC3)cc2S(=O)(=O)C1. The molecule has 7 nitrogen and oxygen atoms in total. The molecule has 0 radical (unpaired) electrons. The standard InChI is InChI=1S/C30H41FN2O5S2/c1-5-7-11-29(12-8-6-2)19-33(22-9-10-25(38-3)23(31)16-22)24-17-26(39-4)21(15-27(24)40(36,37)20-29)18-32-30(13-14-30)28(34)35/h9-10,15-17,32H,5-8,11-14,18-20H2,1-4H3,(H,34,35). The molecule has 40 heavy (non-hydrogen) atoms. The van der Waals surface area contributed by atoms with Crippen LogP contribution in [0.3, 0.4) is 0 Å². The molecule has 220 valence electrons. The average molecular weight is 593 g/mol. The van der Waals surface area contributed by atoms with Crippen molar-refractivity contribution in [3.63, 3.8) is 0 Å². The second-order valence-electron chi connectivity index (χ2n) is 11.2. The number of hydrogen-bond acceptors (Lipinski definition) is 7. The summed E-state index contributed by atoms with van der Waals surface area (Å²) in [7, 11) is -2.31. The van der Waals surface area contributed by atoms with Crippen molar-refractivity contribution in [3.05, 3.63) is 41.7 Å². The van der Waals surface area contributed by atoms with E-state index < -0.39 is 32.6 Å². The first-order chi connectivity index (χ1) is 19.0. The Morgan fingerprint density at radius 2 is 1.82 bits per heavy atom. The number of anilines is 2. The predicted molar refractivity (Wildman–Crippen MR) is 158 cm³/mol. The van der Waals surface area contributed by atoms with Crippen molar-refractivity contribution >= 4 is 38.9 Å². The van der Waals surface area contributed by atoms with Gasteiger partial charge in [0.2, 0.25) is 0 Å². The average Bonchev–Trinajstić information content (AvgIpc) is 3.74. The fourth-order valence-corrected chi connectivity index (χ4v) is 8.54. The lowest BCUT2D eigenvalue weighted by Crippen LogP contribution is -2.38. The van der Waals surface area contributed by atoms with Gasteiger partial charge in [-0.3, -0.25) is 10.1 Å². The Kier molecular flexibility index (Phi) is 9.42. The lowest BCUT2D eigenvalue weighted by atomic mass is 9.79. The van der Waals surface area contributed by atoms with Gasteiger partial charge in [-0.1, -0.05) is 39.5 Å². The van der Waals surface area contributed by atoms with E-state index in [1.807, 2.05) is 17.2 Å². The second kappa shape index (κ2) is 12.3. The quantitative estimate of drug-likeness (QED) is 0.253. The van der Waals surface area contributed by atoms with Gasteiger partial charge in [0.1, 0.15) is 5.54 Å². The zero-order valence-electron chi connectivity index (χ0n) is 23.9. The first-order valence-electron chi connectivity index (χ1n) is 14.1. The van der Waals surface area contributed by atoms with E-state index in [2.05, 4.69) is 19.2 Å². The van der Waals surface area contributed by atoms with E-state index in [0.29, 0.717) is 30.8 Å². The molecular weight excluding hydrogens is 551 g/mol. The highest BCUT2D eigenvalue weighted by molar-refractivity contribution is 7.98. The number of nitrogens with one attached hydrogen (secondary N) is 1. The van der Waals surface area contributed by atoms with Crippen molar-refractivity contribution in [1.82, 2.24) is 5.32 Å². The summed E-state index contributed by atoms with van der Waals surface area (Å²) in [5.74, 6) is -1.24. The number of carbonyl (C=O) groups is 1. The minimum Gasteiger partial charge on any atom is -0.494 e. The summed E-state index contributed by atoms with van der Waals surface area (Å²) in [6, 6.07) is 8.38. The zero-order valence-corrected chi connectivity index (χ0v) is 25.5. The van der Waals surface area contributed by atoms with E-state index in [9.17, 15) is 22.7 Å². The highest BCUT2D eigenvalue weighted by atomic mass is 32.2. The van der Waals surface area contributed by atoms with Crippen LogP contribution in [-0.2, 0) is 21.2 Å². The molecule has 1 saturated carbocycles. The Hall–Kier alpha value is -2.30. The maximum Gasteiger partial charge on any atom is 0.323 e. The third kappa shape index (κ3) is 6.29. The molecule has 1 aliphatic carbocycles. The first-order valence-corrected chi connectivity index (χ1v) is 16.9. The molecule has 1 fully saturated rings. The van der Waals surface area contributed by atoms with Gasteiger partial charge in [-0.2, -0.15) is 0 Å². The summed E-state index contributed by atoms with van der Waals surface area (Å²) in [6.45, 7) is 4.92. The lowest BCUT2D eigenvalue weighted by Gasteiger charge is -2.37. The maximum absolute atomic E-state index is 15.0. The Balaban J connectivity index is 1.88. The number of sulfone groups is 1. The highest BCUT2D eigenvalue weighted by Crippen LogP contribution is 2.47. The van der Waals surface area contributed by atoms with Gasteiger partial charge in [-0.25, -0.2) is 12.8 Å². The lowest BCUT2D eigenvalue weighted by molar-refractivity contribution is -0.140. The van der Waals surface area contributed by atoms with Gasteiger partial charge in [0.15, 0.2) is 21.4 Å². The molecule has 0 amide bonds. The number of hydrogen-bond donors (Lipinski definition) is 2. The number of rotatable bonds is 13. The molecule has 10 heteroatoms. The molecular formula is C30H41FN2O5S2. The van der Waals surface area contributed by atoms with Gasteiger partial charge in [0, 0.05) is 35.2 Å². The Labute approximate surface area is 241 Å². The molecule has 0 unspecified atom stereocenters. The number of thioether (sulfide) groups is 1. The molecule has 1 heterocycles. The predicted octanol–water partition coefficient (Wildman–Crippen LogP) is 6.56. The molecule has 2 N–H and O–H groups in total. The summed E-state index contributed by atoms with van der Waals surface area (Å²) in [5, 5.41) is 12.8.